The molecule has 1 heterocycles. The quantitative estimate of drug-likeness (QED) is 0.0241. The third-order valence-electron chi connectivity index (χ3n) is 18.8. The summed E-state index contributed by atoms with van der Waals surface area (Å²) in [7, 11) is 0. The van der Waals surface area contributed by atoms with Crippen molar-refractivity contribution in [1.29, 1.82) is 0 Å². The Morgan fingerprint density at radius 1 is 0.520 bits per heavy atom. The monoisotopic (exact) mass is 1440 g/mol. The van der Waals surface area contributed by atoms with Gasteiger partial charge in [0.25, 0.3) is 0 Å². The number of ether oxygens (including phenoxy) is 3. The molecule has 564 valence electrons. The van der Waals surface area contributed by atoms with Crippen molar-refractivity contribution in [3.05, 3.63) is 95.6 Å². The van der Waals surface area contributed by atoms with Crippen LogP contribution >= 0.6 is 12.6 Å². The van der Waals surface area contributed by atoms with E-state index in [-0.39, 0.29) is 115 Å². The number of nitrogens with two attached hydrogens (primary N) is 3. The van der Waals surface area contributed by atoms with E-state index in [4.69, 9.17) is 31.4 Å². The van der Waals surface area contributed by atoms with Gasteiger partial charge in [-0.05, 0) is 151 Å². The van der Waals surface area contributed by atoms with Crippen molar-refractivity contribution in [1.82, 2.24) is 49.8 Å². The fourth-order valence-electron chi connectivity index (χ4n) is 12.9. The third kappa shape index (κ3) is 29.5. The smallest absolute Gasteiger partial charge is 0.326 e. The molecule has 1 unspecified atom stereocenters. The molecule has 2 aliphatic carbocycles. The van der Waals surface area contributed by atoms with Gasteiger partial charge in [0.1, 0.15) is 25.9 Å². The number of carbonyl (C=O) groups is 10. The molecule has 27 nitrogen and oxygen atoms in total. The second-order valence-corrected chi connectivity index (χ2v) is 27.0. The van der Waals surface area contributed by atoms with Crippen LogP contribution in [0.1, 0.15) is 133 Å². The Balaban J connectivity index is 1.22. The molecule has 1 atom stereocenters. The van der Waals surface area contributed by atoms with Crippen molar-refractivity contribution >= 4 is 71.8 Å². The van der Waals surface area contributed by atoms with E-state index in [2.05, 4.69) is 23.3 Å². The van der Waals surface area contributed by atoms with Crippen LogP contribution in [0.5, 0.6) is 11.5 Å². The average molecular weight is 1440 g/mol. The molecular formula is C74H113N13O14S. The Kier molecular flexibility index (Phi) is 38.0. The highest BCUT2D eigenvalue weighted by Crippen LogP contribution is 2.33. The fraction of sp³-hybridized carbons (Fsp3) is 0.622. The summed E-state index contributed by atoms with van der Waals surface area (Å²) >= 11 is 4.12. The Morgan fingerprint density at radius 2 is 0.980 bits per heavy atom. The maximum absolute atomic E-state index is 15.3. The van der Waals surface area contributed by atoms with Crippen molar-refractivity contribution in [3.8, 4) is 11.5 Å². The normalized spacial score (nSPS) is 13.9. The largest absolute Gasteiger partial charge is 0.480 e. The van der Waals surface area contributed by atoms with Crippen LogP contribution < -0.4 is 37.3 Å². The summed E-state index contributed by atoms with van der Waals surface area (Å²) in [5.41, 5.74) is 20.3. The van der Waals surface area contributed by atoms with E-state index < -0.39 is 92.6 Å². The maximum atomic E-state index is 15.3. The number of rotatable bonds is 48. The number of hydrogen-bond donors (Lipinski definition) is 7. The van der Waals surface area contributed by atoms with Crippen LogP contribution in [0.25, 0.3) is 0 Å². The first kappa shape index (κ1) is 83.1. The van der Waals surface area contributed by atoms with Crippen LogP contribution in [-0.2, 0) is 72.1 Å². The number of carboxylic acid groups (broad SMARTS) is 1. The maximum Gasteiger partial charge on any atom is 0.326 e. The van der Waals surface area contributed by atoms with E-state index in [0.29, 0.717) is 102 Å². The Morgan fingerprint density at radius 3 is 1.49 bits per heavy atom. The van der Waals surface area contributed by atoms with E-state index >= 15 is 19.2 Å². The molecule has 28 heteroatoms. The minimum absolute atomic E-state index is 0.0233. The number of nitrogens with one attached hydrogen (secondary N) is 2. The molecule has 102 heavy (non-hydrogen) atoms. The molecule has 2 fully saturated rings. The number of benzene rings is 3. The minimum atomic E-state index is -1.25. The van der Waals surface area contributed by atoms with Crippen molar-refractivity contribution in [3.63, 3.8) is 0 Å². The second kappa shape index (κ2) is 46.7. The lowest BCUT2D eigenvalue weighted by Crippen LogP contribution is -2.55. The Labute approximate surface area is 607 Å². The molecule has 1 aliphatic heterocycles. The van der Waals surface area contributed by atoms with Crippen LogP contribution in [0.15, 0.2) is 78.9 Å². The first-order chi connectivity index (χ1) is 49.4. The first-order valence-corrected chi connectivity index (χ1v) is 37.3. The molecule has 0 bridgehead atoms. The van der Waals surface area contributed by atoms with E-state index in [1.165, 1.54) is 24.5 Å². The van der Waals surface area contributed by atoms with Gasteiger partial charge in [0, 0.05) is 58.5 Å². The topological polar surface area (TPSA) is 347 Å². The standard InChI is InChI=1S/C74H113N13O14S/c1-2-99-55-86(52-70(93)84(41-32-58-23-9-4-10-24-58)50-69(92)82(39-20-17-36-77)49-68(91)81(38-19-16-35-76)48-67(90)80(37-18-15-34-75)47-65(88)79-62(33-42-102)74(97)98)72(95)54-87(61-27-13-6-14-28-61)73(96)53-85(46-59-25-11-5-12-26-59)71(94)51-83(40-31-57-21-7-3-8-22-57)66(89)45-78-44-60-29-30-63-64(43-60)101-56-100-63/h3-4,7-10,21-24,29-30,43,59,61-62,78,102H,2,5-6,11-20,25-28,31-42,44-56,75-77H2,1H3,(H,79,88)(H,97,98). The lowest BCUT2D eigenvalue weighted by molar-refractivity contribution is -0.152. The highest BCUT2D eigenvalue weighted by atomic mass is 32.1. The van der Waals surface area contributed by atoms with Crippen molar-refractivity contribution in [2.45, 2.75) is 148 Å². The van der Waals surface area contributed by atoms with Crippen molar-refractivity contribution in [2.24, 2.45) is 23.1 Å². The van der Waals surface area contributed by atoms with Gasteiger partial charge in [-0.25, -0.2) is 4.79 Å². The molecule has 2 saturated carbocycles. The van der Waals surface area contributed by atoms with Gasteiger partial charge in [-0.2, -0.15) is 12.6 Å². The summed E-state index contributed by atoms with van der Waals surface area (Å²) < 4.78 is 16.9. The fourth-order valence-corrected chi connectivity index (χ4v) is 13.1. The number of aliphatic carboxylic acids is 1. The minimum Gasteiger partial charge on any atom is -0.480 e. The second-order valence-electron chi connectivity index (χ2n) is 26.6. The van der Waals surface area contributed by atoms with Gasteiger partial charge in [0.15, 0.2) is 11.5 Å². The van der Waals surface area contributed by atoms with E-state index in [1.807, 2.05) is 78.9 Å². The average Bonchev–Trinajstić information content (AvgIpc) is 0.934. The van der Waals surface area contributed by atoms with Gasteiger partial charge >= 0.3 is 5.97 Å². The highest BCUT2D eigenvalue weighted by Gasteiger charge is 2.35. The highest BCUT2D eigenvalue weighted by molar-refractivity contribution is 7.80. The van der Waals surface area contributed by atoms with Gasteiger partial charge in [0.05, 0.1) is 45.8 Å². The lowest BCUT2D eigenvalue weighted by Gasteiger charge is -2.38. The third-order valence-corrected chi connectivity index (χ3v) is 19.1. The number of nitrogens with zero attached hydrogens (tertiary/aromatic N) is 8. The molecule has 3 aromatic rings. The van der Waals surface area contributed by atoms with Crippen LogP contribution in [0, 0.1) is 5.92 Å². The zero-order valence-electron chi connectivity index (χ0n) is 59.9. The summed E-state index contributed by atoms with van der Waals surface area (Å²) in [6, 6.07) is 23.1. The summed E-state index contributed by atoms with van der Waals surface area (Å²) in [6.45, 7) is 0.139. The molecule has 0 radical (unpaired) electrons. The van der Waals surface area contributed by atoms with Crippen LogP contribution in [0.2, 0.25) is 0 Å². The number of carbonyl (C=O) groups excluding carboxylic acids is 9. The van der Waals surface area contributed by atoms with Crippen molar-refractivity contribution in [2.75, 3.05) is 144 Å². The molecule has 9 amide bonds. The number of amides is 9. The molecule has 9 N–H and O–H groups in total. The molecular weight excluding hydrogens is 1330 g/mol. The summed E-state index contributed by atoms with van der Waals surface area (Å²) in [5, 5.41) is 15.4. The van der Waals surface area contributed by atoms with Crippen LogP contribution in [0.4, 0.5) is 0 Å². The number of fused-ring (bicyclic) bond motifs is 1. The zero-order chi connectivity index (χ0) is 73.4. The van der Waals surface area contributed by atoms with Gasteiger partial charge in [0.2, 0.25) is 60.0 Å². The summed E-state index contributed by atoms with van der Waals surface area (Å²) in [6.07, 6.45) is 12.1. The van der Waals surface area contributed by atoms with Crippen LogP contribution in [-0.4, -0.2) is 259 Å². The van der Waals surface area contributed by atoms with E-state index in [0.717, 1.165) is 68.1 Å². The Hall–Kier alpha value is -7.89. The van der Waals surface area contributed by atoms with Gasteiger partial charge in [-0.3, -0.25) is 43.2 Å². The Bertz CT molecular complexity index is 3090. The van der Waals surface area contributed by atoms with Gasteiger partial charge < -0.3 is 86.4 Å². The molecule has 6 rings (SSSR count). The molecule has 3 aromatic carbocycles. The number of thiol groups is 1. The summed E-state index contributed by atoms with van der Waals surface area (Å²) in [5.74, 6) is -4.46. The molecule has 3 aliphatic rings. The predicted molar refractivity (Wildman–Crippen MR) is 390 cm³/mol. The van der Waals surface area contributed by atoms with Crippen molar-refractivity contribution < 1.29 is 67.3 Å². The first-order valence-electron chi connectivity index (χ1n) is 36.7. The van der Waals surface area contributed by atoms with Crippen LogP contribution in [0.3, 0.4) is 0 Å². The number of unbranched alkanes of at least 4 members (excludes halogenated alkanes) is 3. The lowest BCUT2D eigenvalue weighted by atomic mass is 9.89. The van der Waals surface area contributed by atoms with E-state index in [1.54, 1.807) is 21.6 Å². The zero-order valence-corrected chi connectivity index (χ0v) is 60.8. The summed E-state index contributed by atoms with van der Waals surface area (Å²) in [4.78, 5) is 155. The molecule has 0 spiro atoms. The molecule has 0 saturated heterocycles. The molecule has 0 aromatic heterocycles. The van der Waals surface area contributed by atoms with Gasteiger partial charge in [-0.15, -0.1) is 0 Å². The predicted octanol–water partition coefficient (Wildman–Crippen LogP) is 3.63. The number of hydrogen-bond acceptors (Lipinski definition) is 18. The van der Waals surface area contributed by atoms with Gasteiger partial charge in [-0.1, -0.05) is 105 Å². The van der Waals surface area contributed by atoms with E-state index in [9.17, 15) is 33.9 Å². The SMILES string of the molecule is CCOCN(CC(=O)N(CCc1ccccc1)CC(=O)N(CCCCN)CC(=O)N(CCCCN)CC(=O)N(CCCCN)CC(=O)NC(CCS)C(=O)O)C(=O)CN(C(=O)CN(CC1CCCCC1)C(=O)CN(CCc1ccccc1)C(=O)CNCc1ccc2c(c1)OCO2)C1CCCCC1. The number of carboxylic acids is 1.